The van der Waals surface area contributed by atoms with Crippen LogP contribution >= 0.6 is 11.8 Å². The van der Waals surface area contributed by atoms with Gasteiger partial charge in [0, 0.05) is 17.5 Å². The monoisotopic (exact) mass is 267 g/mol. The van der Waals surface area contributed by atoms with Crippen molar-refractivity contribution in [1.29, 1.82) is 0 Å². The van der Waals surface area contributed by atoms with Gasteiger partial charge in [-0.1, -0.05) is 19.4 Å². The molecule has 1 aliphatic rings. The Balaban J connectivity index is 1.84. The second-order valence-electron chi connectivity index (χ2n) is 4.16. The molecule has 0 saturated carbocycles. The fourth-order valence-corrected chi connectivity index (χ4v) is 3.44. The minimum Gasteiger partial charge on any atom is -0.429 e. The molecule has 1 saturated heterocycles. The van der Waals surface area contributed by atoms with E-state index in [0.29, 0.717) is 5.25 Å². The van der Waals surface area contributed by atoms with E-state index < -0.39 is 6.16 Å². The van der Waals surface area contributed by atoms with Gasteiger partial charge < -0.3 is 9.47 Å². The minimum atomic E-state index is -0.651. The van der Waals surface area contributed by atoms with Gasteiger partial charge in [0.15, 0.2) is 0 Å². The number of nitrogens with zero attached hydrogens (tertiary/aromatic N) is 1. The molecule has 0 aliphatic carbocycles. The number of carbonyl (C=O) groups excluding carboxylic acids is 1. The Morgan fingerprint density at radius 2 is 2.44 bits per heavy atom. The average Bonchev–Trinajstić information content (AvgIpc) is 2.78. The first-order valence-electron chi connectivity index (χ1n) is 6.20. The van der Waals surface area contributed by atoms with Crippen molar-refractivity contribution < 1.29 is 14.3 Å². The van der Waals surface area contributed by atoms with Crippen LogP contribution in [0.25, 0.3) is 0 Å². The van der Waals surface area contributed by atoms with E-state index in [9.17, 15) is 4.79 Å². The van der Waals surface area contributed by atoms with Crippen molar-refractivity contribution in [2.75, 3.05) is 5.75 Å². The van der Waals surface area contributed by atoms with Crippen LogP contribution in [-0.2, 0) is 4.74 Å². The van der Waals surface area contributed by atoms with Gasteiger partial charge in [-0.05, 0) is 24.7 Å². The summed E-state index contributed by atoms with van der Waals surface area (Å²) in [6.07, 6.45) is 3.99. The quantitative estimate of drug-likeness (QED) is 0.784. The summed E-state index contributed by atoms with van der Waals surface area (Å²) in [5.41, 5.74) is 0. The number of aromatic nitrogens is 1. The van der Waals surface area contributed by atoms with Crippen molar-refractivity contribution in [2.24, 2.45) is 0 Å². The van der Waals surface area contributed by atoms with Gasteiger partial charge in [-0.25, -0.2) is 9.78 Å². The fourth-order valence-electron chi connectivity index (χ4n) is 1.96. The first-order chi connectivity index (χ1) is 8.79. The Bertz CT molecular complexity index is 385. The summed E-state index contributed by atoms with van der Waals surface area (Å²) in [6, 6.07) is 5.16. The van der Waals surface area contributed by atoms with Crippen LogP contribution in [0, 0.1) is 0 Å². The zero-order valence-corrected chi connectivity index (χ0v) is 11.2. The number of hydrogen-bond donors (Lipinski definition) is 0. The normalized spacial score (nSPS) is 22.7. The topological polar surface area (TPSA) is 48.4 Å². The lowest BCUT2D eigenvalue weighted by Gasteiger charge is -2.17. The summed E-state index contributed by atoms with van der Waals surface area (Å²) in [5.74, 6) is 1.33. The molecule has 4 nitrogen and oxygen atoms in total. The molecule has 0 unspecified atom stereocenters. The molecule has 0 N–H and O–H groups in total. The third-order valence-electron chi connectivity index (χ3n) is 2.80. The summed E-state index contributed by atoms with van der Waals surface area (Å²) in [4.78, 5) is 15.5. The van der Waals surface area contributed by atoms with E-state index in [2.05, 4.69) is 11.9 Å². The summed E-state index contributed by atoms with van der Waals surface area (Å²) in [7, 11) is 0. The van der Waals surface area contributed by atoms with E-state index in [1.807, 2.05) is 11.8 Å². The van der Waals surface area contributed by atoms with Crippen LogP contribution in [0.4, 0.5) is 4.79 Å². The van der Waals surface area contributed by atoms with E-state index in [1.165, 1.54) is 0 Å². The molecule has 2 heterocycles. The van der Waals surface area contributed by atoms with Crippen LogP contribution in [0.5, 0.6) is 5.88 Å². The lowest BCUT2D eigenvalue weighted by Crippen LogP contribution is -2.26. The molecular weight excluding hydrogens is 250 g/mol. The highest BCUT2D eigenvalue weighted by atomic mass is 32.2. The Morgan fingerprint density at radius 3 is 3.17 bits per heavy atom. The summed E-state index contributed by atoms with van der Waals surface area (Å²) < 4.78 is 10.4. The molecule has 5 heteroatoms. The second-order valence-corrected chi connectivity index (χ2v) is 5.51. The van der Waals surface area contributed by atoms with Crippen molar-refractivity contribution in [2.45, 2.75) is 37.5 Å². The first kappa shape index (κ1) is 13.2. The van der Waals surface area contributed by atoms with Gasteiger partial charge in [0.2, 0.25) is 5.88 Å². The highest BCUT2D eigenvalue weighted by Gasteiger charge is 2.31. The van der Waals surface area contributed by atoms with Gasteiger partial charge in [0.1, 0.15) is 6.10 Å². The zero-order chi connectivity index (χ0) is 12.8. The van der Waals surface area contributed by atoms with Crippen molar-refractivity contribution in [3.05, 3.63) is 24.4 Å². The maximum absolute atomic E-state index is 11.6. The van der Waals surface area contributed by atoms with Crippen LogP contribution in [0.2, 0.25) is 0 Å². The van der Waals surface area contributed by atoms with Gasteiger partial charge in [-0.15, -0.1) is 0 Å². The maximum Gasteiger partial charge on any atom is 0.515 e. The van der Waals surface area contributed by atoms with Gasteiger partial charge in [0.25, 0.3) is 0 Å². The van der Waals surface area contributed by atoms with Crippen molar-refractivity contribution in [3.63, 3.8) is 0 Å². The minimum absolute atomic E-state index is 0.0221. The third-order valence-corrected chi connectivity index (χ3v) is 4.23. The van der Waals surface area contributed by atoms with Crippen molar-refractivity contribution >= 4 is 17.9 Å². The van der Waals surface area contributed by atoms with E-state index in [4.69, 9.17) is 9.47 Å². The molecule has 0 amide bonds. The van der Waals surface area contributed by atoms with E-state index in [-0.39, 0.29) is 12.0 Å². The highest BCUT2D eigenvalue weighted by Crippen LogP contribution is 2.32. The molecule has 2 rings (SSSR count). The first-order valence-corrected chi connectivity index (χ1v) is 7.25. The lowest BCUT2D eigenvalue weighted by atomic mass is 10.1. The van der Waals surface area contributed by atoms with Crippen LogP contribution in [-0.4, -0.2) is 28.2 Å². The molecule has 98 valence electrons. The standard InChI is InChI=1S/C13H17NO3S/c1-2-5-11-10(7-9-18-11)16-13(15)17-12-6-3-4-8-14-12/h3-4,6,8,10-11H,2,5,7,9H2,1H3/t10-,11+/m0/s1. The molecule has 18 heavy (non-hydrogen) atoms. The molecule has 0 bridgehead atoms. The summed E-state index contributed by atoms with van der Waals surface area (Å²) in [6.45, 7) is 2.14. The number of carbonyl (C=O) groups is 1. The van der Waals surface area contributed by atoms with Crippen LogP contribution in [0.15, 0.2) is 24.4 Å². The number of hydrogen-bond acceptors (Lipinski definition) is 5. The Hall–Kier alpha value is -1.23. The predicted octanol–water partition coefficient (Wildman–Crippen LogP) is 3.27. The van der Waals surface area contributed by atoms with Crippen molar-refractivity contribution in [3.8, 4) is 5.88 Å². The fraction of sp³-hybridized carbons (Fsp3) is 0.538. The van der Waals surface area contributed by atoms with Crippen LogP contribution in [0.3, 0.4) is 0 Å². The third kappa shape index (κ3) is 3.63. The van der Waals surface area contributed by atoms with E-state index in [0.717, 1.165) is 25.0 Å². The van der Waals surface area contributed by atoms with Gasteiger partial charge >= 0.3 is 6.16 Å². The van der Waals surface area contributed by atoms with E-state index in [1.54, 1.807) is 24.4 Å². The Morgan fingerprint density at radius 1 is 1.56 bits per heavy atom. The summed E-state index contributed by atoms with van der Waals surface area (Å²) in [5, 5.41) is 0.409. The molecule has 1 aromatic heterocycles. The molecule has 0 aromatic carbocycles. The molecular formula is C13H17NO3S. The van der Waals surface area contributed by atoms with E-state index >= 15 is 0 Å². The largest absolute Gasteiger partial charge is 0.515 e. The number of ether oxygens (including phenoxy) is 2. The van der Waals surface area contributed by atoms with Crippen LogP contribution in [0.1, 0.15) is 26.2 Å². The number of pyridine rings is 1. The molecule has 2 atom stereocenters. The smallest absolute Gasteiger partial charge is 0.429 e. The van der Waals surface area contributed by atoms with Gasteiger partial charge in [-0.3, -0.25) is 0 Å². The van der Waals surface area contributed by atoms with Gasteiger partial charge in [-0.2, -0.15) is 11.8 Å². The molecule has 1 fully saturated rings. The SMILES string of the molecule is CCC[C@H]1SCC[C@@H]1OC(=O)Oc1ccccn1. The Kier molecular flexibility index (Phi) is 4.87. The van der Waals surface area contributed by atoms with Crippen molar-refractivity contribution in [1.82, 2.24) is 4.98 Å². The maximum atomic E-state index is 11.6. The number of thioether (sulfide) groups is 1. The molecule has 0 radical (unpaired) electrons. The molecule has 1 aliphatic heterocycles. The van der Waals surface area contributed by atoms with Crippen LogP contribution < -0.4 is 4.74 Å². The molecule has 1 aromatic rings. The average molecular weight is 267 g/mol. The zero-order valence-electron chi connectivity index (χ0n) is 10.4. The lowest BCUT2D eigenvalue weighted by molar-refractivity contribution is 0.0568. The highest BCUT2D eigenvalue weighted by molar-refractivity contribution is 8.00. The van der Waals surface area contributed by atoms with Gasteiger partial charge in [0.05, 0.1) is 0 Å². The summed E-state index contributed by atoms with van der Waals surface area (Å²) >= 11 is 1.87. The molecule has 0 spiro atoms. The second kappa shape index (κ2) is 6.64. The predicted molar refractivity (Wildman–Crippen MR) is 70.9 cm³/mol. The Labute approximate surface area is 111 Å². The number of rotatable bonds is 4.